The average Bonchev–Trinajstić information content (AvgIpc) is 2.75. The first-order valence-corrected chi connectivity index (χ1v) is 7.24. The molecular formula is C15H19F2N3. The van der Waals surface area contributed by atoms with Gasteiger partial charge in [0.1, 0.15) is 11.3 Å². The van der Waals surface area contributed by atoms with E-state index in [0.29, 0.717) is 11.4 Å². The van der Waals surface area contributed by atoms with Crippen molar-refractivity contribution in [3.63, 3.8) is 0 Å². The van der Waals surface area contributed by atoms with Crippen LogP contribution in [0.25, 0.3) is 11.0 Å². The molecule has 1 fully saturated rings. The fourth-order valence-corrected chi connectivity index (χ4v) is 3.49. The van der Waals surface area contributed by atoms with Gasteiger partial charge in [0.25, 0.3) is 0 Å². The maximum absolute atomic E-state index is 13.8. The Morgan fingerprint density at radius 1 is 1.30 bits per heavy atom. The number of aromatic nitrogens is 2. The fourth-order valence-electron chi connectivity index (χ4n) is 3.49. The molecule has 1 heterocycles. The summed E-state index contributed by atoms with van der Waals surface area (Å²) in [4.78, 5) is 4.10. The van der Waals surface area contributed by atoms with Crippen LogP contribution >= 0.6 is 0 Å². The average molecular weight is 279 g/mol. The smallest absolute Gasteiger partial charge is 0.201 e. The number of rotatable bonds is 2. The minimum absolute atomic E-state index is 0.171. The van der Waals surface area contributed by atoms with E-state index in [1.54, 1.807) is 0 Å². The van der Waals surface area contributed by atoms with Crippen LogP contribution in [0.5, 0.6) is 0 Å². The highest BCUT2D eigenvalue weighted by molar-refractivity contribution is 5.79. The van der Waals surface area contributed by atoms with Gasteiger partial charge < -0.3 is 10.3 Å². The Balaban J connectivity index is 2.17. The molecule has 0 bridgehead atoms. The van der Waals surface area contributed by atoms with Gasteiger partial charge in [0.2, 0.25) is 5.95 Å². The molecule has 2 aromatic rings. The molecule has 2 atom stereocenters. The van der Waals surface area contributed by atoms with Gasteiger partial charge >= 0.3 is 0 Å². The summed E-state index contributed by atoms with van der Waals surface area (Å²) in [5, 5.41) is 0. The van der Waals surface area contributed by atoms with Gasteiger partial charge in [-0.2, -0.15) is 0 Å². The van der Waals surface area contributed by atoms with E-state index in [2.05, 4.69) is 11.9 Å². The molecule has 2 N–H and O–H groups in total. The second-order valence-electron chi connectivity index (χ2n) is 5.62. The second kappa shape index (κ2) is 5.04. The zero-order chi connectivity index (χ0) is 14.3. The van der Waals surface area contributed by atoms with Crippen molar-refractivity contribution in [2.75, 3.05) is 5.73 Å². The van der Waals surface area contributed by atoms with E-state index >= 15 is 0 Å². The van der Waals surface area contributed by atoms with Crippen molar-refractivity contribution in [2.45, 2.75) is 45.1 Å². The number of imidazole rings is 1. The molecule has 0 amide bonds. The minimum Gasteiger partial charge on any atom is -0.369 e. The van der Waals surface area contributed by atoms with Crippen LogP contribution in [0, 0.1) is 17.6 Å². The number of halogens is 2. The Morgan fingerprint density at radius 3 is 2.80 bits per heavy atom. The molecule has 0 saturated heterocycles. The lowest BCUT2D eigenvalue weighted by Gasteiger charge is -2.32. The molecule has 0 radical (unpaired) electrons. The van der Waals surface area contributed by atoms with Crippen molar-refractivity contribution < 1.29 is 8.78 Å². The first-order chi connectivity index (χ1) is 9.61. The van der Waals surface area contributed by atoms with Crippen molar-refractivity contribution in [3.05, 3.63) is 23.8 Å². The molecule has 3 rings (SSSR count). The van der Waals surface area contributed by atoms with E-state index in [-0.39, 0.29) is 17.5 Å². The van der Waals surface area contributed by atoms with Crippen LogP contribution in [-0.2, 0) is 0 Å². The lowest BCUT2D eigenvalue weighted by Crippen LogP contribution is -2.24. The van der Waals surface area contributed by atoms with E-state index in [0.717, 1.165) is 31.7 Å². The summed E-state index contributed by atoms with van der Waals surface area (Å²) in [5.74, 6) is -0.445. The Kier molecular flexibility index (Phi) is 3.36. The van der Waals surface area contributed by atoms with Gasteiger partial charge in [0, 0.05) is 18.2 Å². The van der Waals surface area contributed by atoms with Crippen LogP contribution in [-0.4, -0.2) is 9.55 Å². The molecule has 20 heavy (non-hydrogen) atoms. The highest BCUT2D eigenvalue weighted by Crippen LogP contribution is 2.39. The van der Waals surface area contributed by atoms with Crippen LogP contribution in [0.1, 0.15) is 45.1 Å². The molecule has 1 aliphatic rings. The predicted molar refractivity (Wildman–Crippen MR) is 75.3 cm³/mol. The van der Waals surface area contributed by atoms with Crippen molar-refractivity contribution in [1.29, 1.82) is 0 Å². The summed E-state index contributed by atoms with van der Waals surface area (Å²) >= 11 is 0. The molecule has 1 aromatic heterocycles. The standard InChI is InChI=1S/C15H19F2N3/c1-2-9-5-3-4-6-12(9)20-13-8-10(16)7-11(17)14(13)19-15(20)18/h7-9,12H,2-6H2,1H3,(H2,18,19). The summed E-state index contributed by atoms with van der Waals surface area (Å²) in [6.45, 7) is 2.15. The highest BCUT2D eigenvalue weighted by atomic mass is 19.1. The van der Waals surface area contributed by atoms with Gasteiger partial charge in [0.15, 0.2) is 5.82 Å². The van der Waals surface area contributed by atoms with Crippen LogP contribution in [0.4, 0.5) is 14.7 Å². The number of hydrogen-bond acceptors (Lipinski definition) is 2. The number of hydrogen-bond donors (Lipinski definition) is 1. The molecule has 2 unspecified atom stereocenters. The van der Waals surface area contributed by atoms with Crippen molar-refractivity contribution in [3.8, 4) is 0 Å². The summed E-state index contributed by atoms with van der Waals surface area (Å²) < 4.78 is 29.2. The minimum atomic E-state index is -0.644. The third-order valence-corrected chi connectivity index (χ3v) is 4.47. The molecule has 0 aliphatic heterocycles. The van der Waals surface area contributed by atoms with E-state index in [4.69, 9.17) is 5.73 Å². The number of fused-ring (bicyclic) bond motifs is 1. The third-order valence-electron chi connectivity index (χ3n) is 4.47. The second-order valence-corrected chi connectivity index (χ2v) is 5.62. The molecule has 1 saturated carbocycles. The summed E-state index contributed by atoms with van der Waals surface area (Å²) in [7, 11) is 0. The van der Waals surface area contributed by atoms with Gasteiger partial charge in [-0.15, -0.1) is 0 Å². The van der Waals surface area contributed by atoms with E-state index in [1.807, 2.05) is 4.57 Å². The van der Waals surface area contributed by atoms with Crippen LogP contribution < -0.4 is 5.73 Å². The molecule has 5 heteroatoms. The first kappa shape index (κ1) is 13.3. The van der Waals surface area contributed by atoms with Gasteiger partial charge in [-0.25, -0.2) is 13.8 Å². The number of nitrogens with two attached hydrogens (primary N) is 1. The highest BCUT2D eigenvalue weighted by Gasteiger charge is 2.28. The number of nitrogen functional groups attached to an aromatic ring is 1. The zero-order valence-electron chi connectivity index (χ0n) is 11.6. The lowest BCUT2D eigenvalue weighted by molar-refractivity contribution is 0.239. The number of anilines is 1. The summed E-state index contributed by atoms with van der Waals surface area (Å²) in [6.07, 6.45) is 5.51. The molecular weight excluding hydrogens is 260 g/mol. The van der Waals surface area contributed by atoms with E-state index in [9.17, 15) is 8.78 Å². The molecule has 1 aromatic carbocycles. The third kappa shape index (κ3) is 2.05. The molecule has 108 valence electrons. The predicted octanol–water partition coefficient (Wildman–Crippen LogP) is 4.04. The SMILES string of the molecule is CCC1CCCCC1n1c(N)nc2c(F)cc(F)cc21. The van der Waals surface area contributed by atoms with Crippen LogP contribution in [0.2, 0.25) is 0 Å². The summed E-state index contributed by atoms with van der Waals surface area (Å²) in [6, 6.07) is 2.39. The quantitative estimate of drug-likeness (QED) is 0.901. The lowest BCUT2D eigenvalue weighted by atomic mass is 9.82. The maximum atomic E-state index is 13.8. The van der Waals surface area contributed by atoms with Crippen molar-refractivity contribution >= 4 is 17.0 Å². The van der Waals surface area contributed by atoms with E-state index in [1.165, 1.54) is 12.5 Å². The monoisotopic (exact) mass is 279 g/mol. The zero-order valence-corrected chi connectivity index (χ0v) is 11.6. The fraction of sp³-hybridized carbons (Fsp3) is 0.533. The van der Waals surface area contributed by atoms with Crippen LogP contribution in [0.3, 0.4) is 0 Å². The maximum Gasteiger partial charge on any atom is 0.201 e. The Morgan fingerprint density at radius 2 is 2.05 bits per heavy atom. The number of nitrogens with zero attached hydrogens (tertiary/aromatic N) is 2. The first-order valence-electron chi connectivity index (χ1n) is 7.24. The largest absolute Gasteiger partial charge is 0.369 e. The van der Waals surface area contributed by atoms with Gasteiger partial charge in [-0.1, -0.05) is 26.2 Å². The van der Waals surface area contributed by atoms with Gasteiger partial charge in [-0.05, 0) is 18.8 Å². The molecule has 0 spiro atoms. The topological polar surface area (TPSA) is 43.8 Å². The molecule has 3 nitrogen and oxygen atoms in total. The Bertz CT molecular complexity index is 636. The van der Waals surface area contributed by atoms with Gasteiger partial charge in [-0.3, -0.25) is 0 Å². The van der Waals surface area contributed by atoms with Gasteiger partial charge in [0.05, 0.1) is 5.52 Å². The summed E-state index contributed by atoms with van der Waals surface area (Å²) in [5.41, 5.74) is 6.63. The Hall–Kier alpha value is -1.65. The van der Waals surface area contributed by atoms with Crippen molar-refractivity contribution in [2.24, 2.45) is 5.92 Å². The normalized spacial score (nSPS) is 23.4. The Labute approximate surface area is 116 Å². The van der Waals surface area contributed by atoms with E-state index < -0.39 is 11.6 Å². The van der Waals surface area contributed by atoms with Crippen molar-refractivity contribution in [1.82, 2.24) is 9.55 Å². The van der Waals surface area contributed by atoms with Crippen LogP contribution in [0.15, 0.2) is 12.1 Å². The molecule has 1 aliphatic carbocycles. The number of benzene rings is 1.